The van der Waals surface area contributed by atoms with E-state index in [4.69, 9.17) is 4.74 Å². The van der Waals surface area contributed by atoms with E-state index in [2.05, 4.69) is 41.1 Å². The van der Waals surface area contributed by atoms with Crippen molar-refractivity contribution in [3.8, 4) is 5.75 Å². The number of nitrogens with zero attached hydrogens (tertiary/aromatic N) is 1. The molecular formula is C24H30N2O2. The summed E-state index contributed by atoms with van der Waals surface area (Å²) >= 11 is 0. The summed E-state index contributed by atoms with van der Waals surface area (Å²) < 4.78 is 5.80. The van der Waals surface area contributed by atoms with Crippen molar-refractivity contribution < 1.29 is 9.84 Å². The maximum absolute atomic E-state index is 10.4. The first kappa shape index (κ1) is 19.0. The number of aliphatic hydroxyl groups is 1. The number of para-hydroxylation sites is 2. The van der Waals surface area contributed by atoms with Crippen LogP contribution >= 0.6 is 0 Å². The molecule has 3 aromatic rings. The van der Waals surface area contributed by atoms with Gasteiger partial charge in [0.15, 0.2) is 0 Å². The summed E-state index contributed by atoms with van der Waals surface area (Å²) in [5, 5.41) is 11.8. The predicted octanol–water partition coefficient (Wildman–Crippen LogP) is 4.40. The Morgan fingerprint density at radius 3 is 2.57 bits per heavy atom. The number of aromatic nitrogens is 1. The Bertz CT molecular complexity index is 925. The molecule has 0 saturated carbocycles. The van der Waals surface area contributed by atoms with Gasteiger partial charge in [-0.25, -0.2) is 0 Å². The van der Waals surface area contributed by atoms with Gasteiger partial charge in [0, 0.05) is 23.1 Å². The van der Waals surface area contributed by atoms with Crippen molar-refractivity contribution in [3.05, 3.63) is 65.4 Å². The van der Waals surface area contributed by atoms with Crippen molar-refractivity contribution in [1.82, 2.24) is 9.88 Å². The number of benzene rings is 2. The third-order valence-electron chi connectivity index (χ3n) is 5.93. The quantitative estimate of drug-likeness (QED) is 0.668. The van der Waals surface area contributed by atoms with Crippen molar-refractivity contribution in [3.63, 3.8) is 0 Å². The van der Waals surface area contributed by atoms with Crippen LogP contribution in [-0.2, 0) is 0 Å². The van der Waals surface area contributed by atoms with Gasteiger partial charge in [-0.2, -0.15) is 0 Å². The zero-order chi connectivity index (χ0) is 19.5. The van der Waals surface area contributed by atoms with E-state index in [1.54, 1.807) is 0 Å². The zero-order valence-electron chi connectivity index (χ0n) is 16.8. The topological polar surface area (TPSA) is 48.5 Å². The summed E-state index contributed by atoms with van der Waals surface area (Å²) in [5.74, 6) is 1.45. The number of hydrogen-bond acceptors (Lipinski definition) is 3. The van der Waals surface area contributed by atoms with Gasteiger partial charge in [0.2, 0.25) is 0 Å². The molecular weight excluding hydrogens is 348 g/mol. The van der Waals surface area contributed by atoms with E-state index in [9.17, 15) is 5.11 Å². The first-order valence-corrected chi connectivity index (χ1v) is 10.3. The number of likely N-dealkylation sites (tertiary alicyclic amines) is 1. The number of aromatic amines is 1. The molecule has 2 aromatic carbocycles. The molecule has 0 bridgehead atoms. The zero-order valence-corrected chi connectivity index (χ0v) is 16.8. The lowest BCUT2D eigenvalue weighted by atomic mass is 9.87. The molecule has 2 N–H and O–H groups in total. The van der Waals surface area contributed by atoms with E-state index in [-0.39, 0.29) is 0 Å². The molecule has 1 unspecified atom stereocenters. The average molecular weight is 379 g/mol. The molecule has 4 heteroatoms. The Morgan fingerprint density at radius 1 is 1.07 bits per heavy atom. The van der Waals surface area contributed by atoms with E-state index in [1.807, 2.05) is 31.2 Å². The van der Waals surface area contributed by atoms with Crippen LogP contribution in [0.15, 0.2) is 48.5 Å². The number of rotatable bonds is 6. The van der Waals surface area contributed by atoms with Crippen LogP contribution in [0.25, 0.3) is 10.9 Å². The molecule has 148 valence electrons. The maximum atomic E-state index is 10.4. The van der Waals surface area contributed by atoms with E-state index < -0.39 is 6.10 Å². The second kappa shape index (κ2) is 8.38. The lowest BCUT2D eigenvalue weighted by Crippen LogP contribution is -2.40. The minimum Gasteiger partial charge on any atom is -0.491 e. The molecule has 1 aliphatic rings. The van der Waals surface area contributed by atoms with Gasteiger partial charge < -0.3 is 19.7 Å². The summed E-state index contributed by atoms with van der Waals surface area (Å²) in [6, 6.07) is 16.5. The van der Waals surface area contributed by atoms with Crippen molar-refractivity contribution in [2.24, 2.45) is 0 Å². The van der Waals surface area contributed by atoms with Crippen molar-refractivity contribution in [1.29, 1.82) is 0 Å². The Balaban J connectivity index is 1.30. The number of fused-ring (bicyclic) bond motifs is 1. The highest BCUT2D eigenvalue weighted by molar-refractivity contribution is 5.85. The van der Waals surface area contributed by atoms with Crippen LogP contribution in [0.2, 0.25) is 0 Å². The van der Waals surface area contributed by atoms with E-state index in [1.165, 1.54) is 22.2 Å². The first-order chi connectivity index (χ1) is 13.6. The molecule has 28 heavy (non-hydrogen) atoms. The Labute approximate surface area is 167 Å². The van der Waals surface area contributed by atoms with Gasteiger partial charge in [0.05, 0.1) is 0 Å². The lowest BCUT2D eigenvalue weighted by molar-refractivity contribution is 0.0592. The fourth-order valence-corrected chi connectivity index (χ4v) is 4.48. The molecule has 1 aliphatic heterocycles. The third kappa shape index (κ3) is 4.08. The minimum atomic E-state index is -0.467. The second-order valence-electron chi connectivity index (χ2n) is 8.01. The van der Waals surface area contributed by atoms with Gasteiger partial charge in [-0.1, -0.05) is 36.4 Å². The van der Waals surface area contributed by atoms with Gasteiger partial charge in [0.1, 0.15) is 18.5 Å². The molecule has 1 atom stereocenters. The van der Waals surface area contributed by atoms with Crippen LogP contribution in [0, 0.1) is 13.8 Å². The molecule has 1 aromatic heterocycles. The van der Waals surface area contributed by atoms with Crippen molar-refractivity contribution in [2.45, 2.75) is 38.7 Å². The summed E-state index contributed by atoms with van der Waals surface area (Å²) in [5.41, 5.74) is 5.12. The number of ether oxygens (including phenoxy) is 1. The number of hydrogen-bond donors (Lipinski definition) is 2. The molecule has 0 amide bonds. The smallest absolute Gasteiger partial charge is 0.122 e. The van der Waals surface area contributed by atoms with Crippen LogP contribution in [-0.4, -0.2) is 47.3 Å². The molecule has 0 spiro atoms. The van der Waals surface area contributed by atoms with Crippen LogP contribution in [0.3, 0.4) is 0 Å². The Morgan fingerprint density at radius 2 is 1.79 bits per heavy atom. The molecule has 0 radical (unpaired) electrons. The van der Waals surface area contributed by atoms with Gasteiger partial charge in [-0.3, -0.25) is 0 Å². The van der Waals surface area contributed by atoms with E-state index >= 15 is 0 Å². The predicted molar refractivity (Wildman–Crippen MR) is 114 cm³/mol. The van der Waals surface area contributed by atoms with Crippen LogP contribution < -0.4 is 4.74 Å². The molecule has 1 saturated heterocycles. The highest BCUT2D eigenvalue weighted by atomic mass is 16.5. The fourth-order valence-electron chi connectivity index (χ4n) is 4.48. The normalized spacial score (nSPS) is 17.1. The molecule has 4 rings (SSSR count). The minimum absolute atomic E-state index is 0.340. The highest BCUT2D eigenvalue weighted by Gasteiger charge is 2.25. The Kier molecular flexibility index (Phi) is 5.69. The standard InChI is InChI=1S/C24H30N2O2/c1-17-7-3-6-10-23(17)28-16-20(27)15-26-13-11-19(12-14-26)24-18(2)25-22-9-5-4-8-21(22)24/h3-10,19-20,25,27H,11-16H2,1-2H3. The van der Waals surface area contributed by atoms with Crippen LogP contribution in [0.1, 0.15) is 35.6 Å². The number of H-pyrrole nitrogens is 1. The number of piperidine rings is 1. The number of nitrogens with one attached hydrogen (secondary N) is 1. The van der Waals surface area contributed by atoms with Gasteiger partial charge in [0.25, 0.3) is 0 Å². The number of aryl methyl sites for hydroxylation is 2. The SMILES string of the molecule is Cc1ccccc1OCC(O)CN1CCC(c2c(C)[nH]c3ccccc23)CC1. The first-order valence-electron chi connectivity index (χ1n) is 10.3. The van der Waals surface area contributed by atoms with Crippen molar-refractivity contribution in [2.75, 3.05) is 26.2 Å². The second-order valence-corrected chi connectivity index (χ2v) is 8.01. The monoisotopic (exact) mass is 378 g/mol. The maximum Gasteiger partial charge on any atom is 0.122 e. The number of β-amino-alcohol motifs (C(OH)–C–C–N with tert-alkyl or cyclic N) is 1. The molecule has 4 nitrogen and oxygen atoms in total. The van der Waals surface area contributed by atoms with E-state index in [0.717, 1.165) is 37.2 Å². The fraction of sp³-hybridized carbons (Fsp3) is 0.417. The highest BCUT2D eigenvalue weighted by Crippen LogP contribution is 2.35. The van der Waals surface area contributed by atoms with Gasteiger partial charge in [-0.05, 0) is 69.0 Å². The molecule has 0 aliphatic carbocycles. The average Bonchev–Trinajstić information content (AvgIpc) is 3.04. The Hall–Kier alpha value is -2.30. The molecule has 2 heterocycles. The van der Waals surface area contributed by atoms with Gasteiger partial charge in [-0.15, -0.1) is 0 Å². The summed E-state index contributed by atoms with van der Waals surface area (Å²) in [6.45, 7) is 7.27. The number of aliphatic hydroxyl groups excluding tert-OH is 1. The summed E-state index contributed by atoms with van der Waals surface area (Å²) in [6.07, 6.45) is 1.80. The van der Waals surface area contributed by atoms with Crippen molar-refractivity contribution >= 4 is 10.9 Å². The summed E-state index contributed by atoms with van der Waals surface area (Å²) in [7, 11) is 0. The van der Waals surface area contributed by atoms with Gasteiger partial charge >= 0.3 is 0 Å². The largest absolute Gasteiger partial charge is 0.491 e. The summed E-state index contributed by atoms with van der Waals surface area (Å²) in [4.78, 5) is 5.90. The lowest BCUT2D eigenvalue weighted by Gasteiger charge is -2.33. The third-order valence-corrected chi connectivity index (χ3v) is 5.93. The van der Waals surface area contributed by atoms with Crippen LogP contribution in [0.4, 0.5) is 0 Å². The van der Waals surface area contributed by atoms with Crippen LogP contribution in [0.5, 0.6) is 5.75 Å². The van der Waals surface area contributed by atoms with E-state index in [0.29, 0.717) is 19.1 Å². The molecule has 1 fully saturated rings.